The molecular weight excluding hydrogens is 831 g/mol. The molecule has 330 valence electrons. The van der Waals surface area contributed by atoms with E-state index in [-0.39, 0.29) is 37.0 Å². The highest BCUT2D eigenvalue weighted by atomic mass is 35.5. The fraction of sp³-hybridized carbons (Fsp3) is 0.442. The van der Waals surface area contributed by atoms with Crippen LogP contribution in [0.4, 0.5) is 0 Å². The van der Waals surface area contributed by atoms with Gasteiger partial charge in [0.25, 0.3) is 5.91 Å². The number of nitrogens with zero attached hydrogens (tertiary/aromatic N) is 3. The molecule has 6 rings (SSSR count). The maximum atomic E-state index is 12.7. The van der Waals surface area contributed by atoms with Gasteiger partial charge in [0.1, 0.15) is 30.0 Å². The van der Waals surface area contributed by atoms with Crippen LogP contribution in [0.5, 0.6) is 17.2 Å². The Morgan fingerprint density at radius 3 is 1.84 bits per heavy atom. The van der Waals surface area contributed by atoms with E-state index >= 15 is 0 Å². The molecule has 0 aromatic heterocycles. The number of methoxy groups -OCH3 is 1. The summed E-state index contributed by atoms with van der Waals surface area (Å²) in [6.07, 6.45) is 3.64. The molecule has 0 spiro atoms. The first-order chi connectivity index (χ1) is 29.5. The number of likely N-dealkylation sites (tertiary alicyclic amines) is 1. The van der Waals surface area contributed by atoms with Gasteiger partial charge in [0.2, 0.25) is 11.8 Å². The highest BCUT2D eigenvalue weighted by Crippen LogP contribution is 2.28. The minimum atomic E-state index is -1.07. The number of hydrazone groups is 2. The minimum Gasteiger partial charge on any atom is -0.491 e. The summed E-state index contributed by atoms with van der Waals surface area (Å²) in [5.41, 5.74) is 9.11. The molecule has 1 atom stereocenters. The Balaban J connectivity index is 0.000000325. The molecule has 3 heterocycles. The third-order valence-corrected chi connectivity index (χ3v) is 10.1. The zero-order chi connectivity index (χ0) is 44.1. The van der Waals surface area contributed by atoms with Crippen molar-refractivity contribution in [1.82, 2.24) is 21.1 Å². The Kier molecular flexibility index (Phi) is 20.2. The first-order valence-corrected chi connectivity index (χ1v) is 20.9. The first-order valence-electron chi connectivity index (χ1n) is 20.1. The fourth-order valence-electron chi connectivity index (χ4n) is 6.19. The Labute approximate surface area is 365 Å². The predicted molar refractivity (Wildman–Crippen MR) is 232 cm³/mol. The summed E-state index contributed by atoms with van der Waals surface area (Å²) in [5.74, 6) is 0.0601. The van der Waals surface area contributed by atoms with Gasteiger partial charge < -0.3 is 39.4 Å². The summed E-state index contributed by atoms with van der Waals surface area (Å²) >= 11 is 12.4. The van der Waals surface area contributed by atoms with Gasteiger partial charge in [-0.2, -0.15) is 10.2 Å². The van der Waals surface area contributed by atoms with Crippen LogP contribution < -0.4 is 30.4 Å². The van der Waals surface area contributed by atoms with E-state index in [0.29, 0.717) is 73.5 Å². The lowest BCUT2D eigenvalue weighted by Gasteiger charge is -2.33. The average Bonchev–Trinajstić information content (AvgIpc) is 3.28. The third kappa shape index (κ3) is 16.3. The van der Waals surface area contributed by atoms with Gasteiger partial charge in [0.15, 0.2) is 13.2 Å². The predicted octanol–water partition coefficient (Wildman–Crippen LogP) is 4.99. The first kappa shape index (κ1) is 48.4. The van der Waals surface area contributed by atoms with Crippen molar-refractivity contribution >= 4 is 58.3 Å². The summed E-state index contributed by atoms with van der Waals surface area (Å²) in [6.45, 7) is 5.97. The van der Waals surface area contributed by atoms with Gasteiger partial charge in [0, 0.05) is 58.5 Å². The van der Waals surface area contributed by atoms with Crippen LogP contribution in [-0.4, -0.2) is 116 Å². The van der Waals surface area contributed by atoms with Crippen LogP contribution in [0, 0.1) is 0 Å². The number of hydrogen-bond acceptors (Lipinski definition) is 12. The Morgan fingerprint density at radius 2 is 1.36 bits per heavy atom. The van der Waals surface area contributed by atoms with E-state index in [4.69, 9.17) is 47.3 Å². The summed E-state index contributed by atoms with van der Waals surface area (Å²) in [4.78, 5) is 47.2. The number of aliphatic hydroxyl groups is 1. The van der Waals surface area contributed by atoms with Crippen molar-refractivity contribution in [1.29, 1.82) is 0 Å². The maximum absolute atomic E-state index is 12.7. The summed E-state index contributed by atoms with van der Waals surface area (Å²) in [7, 11) is 1.68. The van der Waals surface area contributed by atoms with E-state index in [9.17, 15) is 24.3 Å². The lowest BCUT2D eigenvalue weighted by molar-refractivity contribution is -0.139. The largest absolute Gasteiger partial charge is 0.491 e. The number of rotatable bonds is 17. The Hall–Kier alpha value is -5.26. The second kappa shape index (κ2) is 25.5. The number of carbonyl (C=O) groups is 4. The van der Waals surface area contributed by atoms with E-state index in [1.165, 1.54) is 5.56 Å². The number of aliphatic hydroxyl groups excluding tert-OH is 1. The van der Waals surface area contributed by atoms with Crippen LogP contribution in [0.15, 0.2) is 70.9 Å². The van der Waals surface area contributed by atoms with Gasteiger partial charge in [0.05, 0.1) is 28.1 Å². The van der Waals surface area contributed by atoms with E-state index in [1.54, 1.807) is 42.3 Å². The van der Waals surface area contributed by atoms with E-state index < -0.39 is 18.7 Å². The molecule has 16 nitrogen and oxygen atoms in total. The van der Waals surface area contributed by atoms with Gasteiger partial charge in [-0.25, -0.2) is 15.6 Å². The van der Waals surface area contributed by atoms with Gasteiger partial charge in [-0.1, -0.05) is 49.2 Å². The van der Waals surface area contributed by atoms with Crippen molar-refractivity contribution in [3.05, 3.63) is 87.4 Å². The molecule has 3 aliphatic heterocycles. The topological polar surface area (TPSA) is 210 Å². The molecule has 0 unspecified atom stereocenters. The maximum Gasteiger partial charge on any atom is 0.341 e. The highest BCUT2D eigenvalue weighted by Gasteiger charge is 2.24. The Bertz CT molecular complexity index is 1990. The van der Waals surface area contributed by atoms with Crippen LogP contribution in [0.1, 0.15) is 69.1 Å². The molecule has 3 amide bonds. The Morgan fingerprint density at radius 1 is 0.820 bits per heavy atom. The lowest BCUT2D eigenvalue weighted by atomic mass is 10.0. The number of amides is 3. The second-order valence-corrected chi connectivity index (χ2v) is 14.7. The molecule has 5 N–H and O–H groups in total. The van der Waals surface area contributed by atoms with Crippen LogP contribution in [-0.2, 0) is 30.3 Å². The monoisotopic (exact) mass is 884 g/mol. The van der Waals surface area contributed by atoms with E-state index in [2.05, 4.69) is 26.4 Å². The van der Waals surface area contributed by atoms with Crippen molar-refractivity contribution in [2.75, 3.05) is 53.2 Å². The molecule has 0 bridgehead atoms. The SMILES string of the molecule is CC.COCCc1ccc(OC[C@@H](O)CNC2CCN(C(=O)COc3ccc(C4=NNC(=O)CC4)cc3Cl)CC2)cc1.O=C(O)COc1ccc(C2=NNC(=O)CC2)cc1Cl. The normalized spacial score (nSPS) is 15.6. The molecule has 18 heteroatoms. The number of halogens is 2. The number of benzene rings is 3. The van der Waals surface area contributed by atoms with Crippen LogP contribution in [0.25, 0.3) is 0 Å². The number of carboxylic acids is 1. The average molecular weight is 886 g/mol. The number of piperidine rings is 1. The molecule has 0 radical (unpaired) electrons. The smallest absolute Gasteiger partial charge is 0.341 e. The van der Waals surface area contributed by atoms with E-state index in [1.807, 2.05) is 44.2 Å². The van der Waals surface area contributed by atoms with Crippen LogP contribution in [0.2, 0.25) is 10.0 Å². The molecule has 3 aromatic rings. The summed E-state index contributed by atoms with van der Waals surface area (Å²) < 4.78 is 21.5. The van der Waals surface area contributed by atoms with Crippen molar-refractivity contribution in [3.63, 3.8) is 0 Å². The minimum absolute atomic E-state index is 0.0976. The van der Waals surface area contributed by atoms with Crippen molar-refractivity contribution in [2.24, 2.45) is 10.2 Å². The number of hydrogen-bond donors (Lipinski definition) is 5. The summed E-state index contributed by atoms with van der Waals surface area (Å²) in [6, 6.07) is 18.2. The second-order valence-electron chi connectivity index (χ2n) is 13.9. The highest BCUT2D eigenvalue weighted by molar-refractivity contribution is 6.33. The number of ether oxygens (including phenoxy) is 4. The number of carboxylic acid groups (broad SMARTS) is 1. The fourth-order valence-corrected chi connectivity index (χ4v) is 6.66. The quantitative estimate of drug-likeness (QED) is 0.122. The van der Waals surface area contributed by atoms with Crippen molar-refractivity contribution in [3.8, 4) is 17.2 Å². The van der Waals surface area contributed by atoms with Gasteiger partial charge in [-0.05, 0) is 84.5 Å². The standard InChI is InChI=1S/C29H37ClN4O6.C12H11ClN2O4.C2H6/c1-38-15-12-20-2-5-24(6-3-20)39-18-23(35)17-31-22-10-13-34(14-11-22)29(37)19-40-27-8-4-21(16-25(27)30)26-7-9-28(36)33-32-26;13-8-5-7(9-2-4-11(16)15-14-9)1-3-10(8)19-6-12(17)18;1-2/h2-6,8,16,22-23,31,35H,7,9-15,17-19H2,1H3,(H,33,36);1,3,5H,2,4,6H2,(H,15,16)(H,17,18);1-2H3/t23-;;/m0../s1. The lowest BCUT2D eigenvalue weighted by Crippen LogP contribution is -2.48. The van der Waals surface area contributed by atoms with Gasteiger partial charge in [-0.3, -0.25) is 14.4 Å². The van der Waals surface area contributed by atoms with E-state index in [0.717, 1.165) is 47.6 Å². The molecule has 1 fully saturated rings. The zero-order valence-electron chi connectivity index (χ0n) is 34.6. The van der Waals surface area contributed by atoms with Gasteiger partial charge in [-0.15, -0.1) is 0 Å². The molecule has 1 saturated heterocycles. The third-order valence-electron chi connectivity index (χ3n) is 9.49. The molecule has 0 aliphatic carbocycles. The number of aliphatic carboxylic acids is 1. The van der Waals surface area contributed by atoms with Crippen LogP contribution in [0.3, 0.4) is 0 Å². The molecule has 61 heavy (non-hydrogen) atoms. The number of nitrogens with one attached hydrogen (secondary N) is 3. The van der Waals surface area contributed by atoms with Crippen LogP contribution >= 0.6 is 23.2 Å². The van der Waals surface area contributed by atoms with Crippen molar-refractivity contribution in [2.45, 2.75) is 70.9 Å². The van der Waals surface area contributed by atoms with Crippen molar-refractivity contribution < 1.29 is 48.3 Å². The van der Waals surface area contributed by atoms with Gasteiger partial charge >= 0.3 is 5.97 Å². The molecule has 3 aromatic carbocycles. The molecule has 3 aliphatic rings. The summed E-state index contributed by atoms with van der Waals surface area (Å²) in [5, 5.41) is 31.0. The molecule has 0 saturated carbocycles. The zero-order valence-corrected chi connectivity index (χ0v) is 36.1. The number of carbonyl (C=O) groups excluding carboxylic acids is 3. The molecular formula is C43H54Cl2N6O10.